The zero-order valence-electron chi connectivity index (χ0n) is 13.9. The summed E-state index contributed by atoms with van der Waals surface area (Å²) in [4.78, 5) is 40.3. The van der Waals surface area contributed by atoms with Crippen molar-refractivity contribution in [2.75, 3.05) is 23.3 Å². The van der Waals surface area contributed by atoms with E-state index >= 15 is 0 Å². The quantitative estimate of drug-likeness (QED) is 0.853. The average molecular weight is 330 g/mol. The number of likely N-dealkylation sites (tertiary alicyclic amines) is 1. The Bertz CT molecular complexity index is 701. The third-order valence-corrected chi connectivity index (χ3v) is 4.79. The molecule has 2 heterocycles. The molecule has 7 heteroatoms. The summed E-state index contributed by atoms with van der Waals surface area (Å²) in [5.41, 5.74) is 5.70. The van der Waals surface area contributed by atoms with Gasteiger partial charge in [0.1, 0.15) is 5.54 Å². The van der Waals surface area contributed by atoms with Gasteiger partial charge in [-0.1, -0.05) is 12.1 Å². The minimum Gasteiger partial charge on any atom is -0.368 e. The van der Waals surface area contributed by atoms with E-state index in [1.54, 1.807) is 24.8 Å². The van der Waals surface area contributed by atoms with Gasteiger partial charge in [0, 0.05) is 0 Å². The van der Waals surface area contributed by atoms with Gasteiger partial charge >= 0.3 is 0 Å². The Morgan fingerprint density at radius 2 is 2.04 bits per heavy atom. The lowest BCUT2D eigenvalue weighted by atomic mass is 9.96. The second-order valence-corrected chi connectivity index (χ2v) is 6.79. The van der Waals surface area contributed by atoms with Crippen LogP contribution in [-0.2, 0) is 14.4 Å². The van der Waals surface area contributed by atoms with Crippen molar-refractivity contribution in [2.24, 2.45) is 5.73 Å². The summed E-state index contributed by atoms with van der Waals surface area (Å²) >= 11 is 0. The van der Waals surface area contributed by atoms with E-state index in [1.165, 1.54) is 4.90 Å². The first-order valence-corrected chi connectivity index (χ1v) is 8.09. The molecule has 1 aromatic carbocycles. The second-order valence-electron chi connectivity index (χ2n) is 6.79. The van der Waals surface area contributed by atoms with Crippen LogP contribution in [0.25, 0.3) is 0 Å². The van der Waals surface area contributed by atoms with Gasteiger partial charge in [-0.15, -0.1) is 0 Å². The number of fused-ring (bicyclic) bond motifs is 1. The van der Waals surface area contributed by atoms with Crippen LogP contribution in [0.15, 0.2) is 24.3 Å². The Morgan fingerprint density at radius 3 is 2.75 bits per heavy atom. The molecule has 3 N–H and O–H groups in total. The molecular formula is C17H22N4O3. The molecule has 24 heavy (non-hydrogen) atoms. The van der Waals surface area contributed by atoms with Crippen molar-refractivity contribution in [3.05, 3.63) is 24.3 Å². The molecule has 2 aliphatic heterocycles. The number of nitrogens with zero attached hydrogens (tertiary/aromatic N) is 2. The maximum absolute atomic E-state index is 13.0. The number of primary amides is 1. The van der Waals surface area contributed by atoms with E-state index < -0.39 is 17.5 Å². The molecule has 0 aromatic heterocycles. The van der Waals surface area contributed by atoms with Crippen LogP contribution >= 0.6 is 0 Å². The van der Waals surface area contributed by atoms with Crippen molar-refractivity contribution in [3.63, 3.8) is 0 Å². The smallest absolute Gasteiger partial charge is 0.250 e. The number of amides is 3. The van der Waals surface area contributed by atoms with E-state index in [-0.39, 0.29) is 18.4 Å². The van der Waals surface area contributed by atoms with Gasteiger partial charge in [0.15, 0.2) is 0 Å². The van der Waals surface area contributed by atoms with Gasteiger partial charge in [-0.2, -0.15) is 0 Å². The Hall–Kier alpha value is -2.41. The standard InChI is InChI=1S/C17H22N4O3/c1-17(2)16(24)19-11-6-3-4-7-12(11)21(17)14(22)10-20-9-5-8-13(20)15(18)23/h3-4,6-7,13H,5,8-10H2,1-2H3,(H2,18,23)(H,19,24). The van der Waals surface area contributed by atoms with Crippen LogP contribution in [0.2, 0.25) is 0 Å². The summed E-state index contributed by atoms with van der Waals surface area (Å²) in [5, 5.41) is 2.84. The highest BCUT2D eigenvalue weighted by Crippen LogP contribution is 2.36. The number of carbonyl (C=O) groups excluding carboxylic acids is 3. The van der Waals surface area contributed by atoms with Crippen LogP contribution in [0.3, 0.4) is 0 Å². The van der Waals surface area contributed by atoms with E-state index in [4.69, 9.17) is 5.73 Å². The van der Waals surface area contributed by atoms with Crippen LogP contribution < -0.4 is 16.0 Å². The van der Waals surface area contributed by atoms with Crippen LogP contribution in [0.1, 0.15) is 26.7 Å². The van der Waals surface area contributed by atoms with Crippen LogP contribution in [-0.4, -0.2) is 47.3 Å². The topological polar surface area (TPSA) is 95.7 Å². The molecule has 2 aliphatic rings. The first-order valence-electron chi connectivity index (χ1n) is 8.09. The molecular weight excluding hydrogens is 308 g/mol. The number of carbonyl (C=O) groups is 3. The van der Waals surface area contributed by atoms with Gasteiger partial charge in [0.05, 0.1) is 24.0 Å². The fraction of sp³-hybridized carbons (Fsp3) is 0.471. The van der Waals surface area contributed by atoms with Crippen molar-refractivity contribution < 1.29 is 14.4 Å². The van der Waals surface area contributed by atoms with Gasteiger partial charge in [-0.3, -0.25) is 24.2 Å². The van der Waals surface area contributed by atoms with E-state index in [1.807, 2.05) is 18.2 Å². The number of anilines is 2. The first-order chi connectivity index (χ1) is 11.3. The van der Waals surface area contributed by atoms with Crippen molar-refractivity contribution in [1.29, 1.82) is 0 Å². The highest BCUT2D eigenvalue weighted by atomic mass is 16.2. The van der Waals surface area contributed by atoms with Crippen LogP contribution in [0.5, 0.6) is 0 Å². The molecule has 7 nitrogen and oxygen atoms in total. The largest absolute Gasteiger partial charge is 0.368 e. The molecule has 0 bridgehead atoms. The van der Waals surface area contributed by atoms with Crippen molar-refractivity contribution in [1.82, 2.24) is 4.90 Å². The summed E-state index contributed by atoms with van der Waals surface area (Å²) < 4.78 is 0. The van der Waals surface area contributed by atoms with Gasteiger partial charge in [0.2, 0.25) is 17.7 Å². The van der Waals surface area contributed by atoms with Crippen molar-refractivity contribution in [2.45, 2.75) is 38.3 Å². The number of nitrogens with one attached hydrogen (secondary N) is 1. The summed E-state index contributed by atoms with van der Waals surface area (Å²) in [6.07, 6.45) is 1.50. The minimum absolute atomic E-state index is 0.0681. The Morgan fingerprint density at radius 1 is 1.33 bits per heavy atom. The van der Waals surface area contributed by atoms with E-state index in [0.717, 1.165) is 6.42 Å². The number of hydrogen-bond donors (Lipinski definition) is 2. The fourth-order valence-electron chi connectivity index (χ4n) is 3.48. The number of benzene rings is 1. The van der Waals surface area contributed by atoms with Gasteiger partial charge in [0.25, 0.3) is 0 Å². The average Bonchev–Trinajstić information content (AvgIpc) is 2.96. The predicted octanol–water partition coefficient (Wildman–Crippen LogP) is 0.700. The van der Waals surface area contributed by atoms with Gasteiger partial charge in [-0.05, 0) is 45.4 Å². The Balaban J connectivity index is 1.90. The molecule has 0 saturated carbocycles. The zero-order valence-corrected chi connectivity index (χ0v) is 13.9. The molecule has 3 rings (SSSR count). The lowest BCUT2D eigenvalue weighted by Crippen LogP contribution is -2.60. The third-order valence-electron chi connectivity index (χ3n) is 4.79. The summed E-state index contributed by atoms with van der Waals surface area (Å²) in [7, 11) is 0. The lowest BCUT2D eigenvalue weighted by molar-refractivity contribution is -0.128. The summed E-state index contributed by atoms with van der Waals surface area (Å²) in [5.74, 6) is -0.853. The van der Waals surface area contributed by atoms with Gasteiger partial charge < -0.3 is 11.1 Å². The molecule has 0 spiro atoms. The molecule has 1 atom stereocenters. The molecule has 1 aromatic rings. The highest BCUT2D eigenvalue weighted by Gasteiger charge is 2.44. The van der Waals surface area contributed by atoms with Crippen molar-refractivity contribution in [3.8, 4) is 0 Å². The normalized spacial score (nSPS) is 22.8. The van der Waals surface area contributed by atoms with E-state index in [9.17, 15) is 14.4 Å². The SMILES string of the molecule is CC1(C)C(=O)Nc2ccccc2N1C(=O)CN1CCCC1C(N)=O. The predicted molar refractivity (Wildman–Crippen MR) is 90.4 cm³/mol. The number of nitrogens with two attached hydrogens (primary N) is 1. The minimum atomic E-state index is -1.01. The maximum Gasteiger partial charge on any atom is 0.250 e. The summed E-state index contributed by atoms with van der Waals surface area (Å²) in [6.45, 7) is 4.15. The molecule has 128 valence electrons. The van der Waals surface area contributed by atoms with E-state index in [2.05, 4.69) is 5.32 Å². The zero-order chi connectivity index (χ0) is 17.5. The van der Waals surface area contributed by atoms with Crippen LogP contribution in [0, 0.1) is 0 Å². The number of para-hydroxylation sites is 2. The lowest BCUT2D eigenvalue weighted by Gasteiger charge is -2.42. The second kappa shape index (κ2) is 5.90. The molecule has 1 saturated heterocycles. The third kappa shape index (κ3) is 2.65. The number of hydrogen-bond acceptors (Lipinski definition) is 4. The van der Waals surface area contributed by atoms with Crippen molar-refractivity contribution >= 4 is 29.1 Å². The molecule has 1 unspecified atom stereocenters. The van der Waals surface area contributed by atoms with E-state index in [0.29, 0.717) is 24.3 Å². The Kier molecular flexibility index (Phi) is 4.04. The molecule has 0 radical (unpaired) electrons. The summed E-state index contributed by atoms with van der Waals surface area (Å²) in [6, 6.07) is 6.80. The van der Waals surface area contributed by atoms with Gasteiger partial charge in [-0.25, -0.2) is 0 Å². The first kappa shape index (κ1) is 16.4. The van der Waals surface area contributed by atoms with Crippen LogP contribution in [0.4, 0.5) is 11.4 Å². The number of rotatable bonds is 3. The maximum atomic E-state index is 13.0. The molecule has 3 amide bonds. The Labute approximate surface area is 140 Å². The fourth-order valence-corrected chi connectivity index (χ4v) is 3.48. The molecule has 0 aliphatic carbocycles. The molecule has 1 fully saturated rings. The monoisotopic (exact) mass is 330 g/mol. The highest BCUT2D eigenvalue weighted by molar-refractivity contribution is 6.14.